The number of carbonyl (C=O) groups excluding carboxylic acids is 1. The van der Waals surface area contributed by atoms with Gasteiger partial charge in [0.15, 0.2) is 0 Å². The van der Waals surface area contributed by atoms with E-state index in [0.717, 1.165) is 70.9 Å². The fraction of sp³-hybridized carbons (Fsp3) is 0.950. The number of piperidine rings is 1. The molecule has 1 amide bonds. The van der Waals surface area contributed by atoms with Gasteiger partial charge < -0.3 is 23.8 Å². The molecule has 2 saturated heterocycles. The van der Waals surface area contributed by atoms with Crippen molar-refractivity contribution in [3.05, 3.63) is 0 Å². The number of likely N-dealkylation sites (tertiary alicyclic amines) is 1. The molecule has 3 aliphatic rings. The van der Waals surface area contributed by atoms with Gasteiger partial charge in [0.25, 0.3) is 0 Å². The van der Waals surface area contributed by atoms with Gasteiger partial charge in [0.1, 0.15) is 6.61 Å². The lowest BCUT2D eigenvalue weighted by Crippen LogP contribution is -2.51. The molecule has 0 N–H and O–H groups in total. The highest BCUT2D eigenvalue weighted by molar-refractivity contribution is 5.77. The van der Waals surface area contributed by atoms with Crippen molar-refractivity contribution in [3.63, 3.8) is 0 Å². The van der Waals surface area contributed by atoms with Crippen molar-refractivity contribution in [3.8, 4) is 0 Å². The maximum absolute atomic E-state index is 12.2. The van der Waals surface area contributed by atoms with Gasteiger partial charge in [0.05, 0.1) is 18.8 Å². The van der Waals surface area contributed by atoms with Crippen LogP contribution in [-0.2, 0) is 23.7 Å². The lowest BCUT2D eigenvalue weighted by atomic mass is 9.78. The van der Waals surface area contributed by atoms with Crippen LogP contribution in [0.1, 0.15) is 44.9 Å². The molecule has 0 aromatic carbocycles. The van der Waals surface area contributed by atoms with E-state index in [2.05, 4.69) is 0 Å². The Morgan fingerprint density at radius 1 is 1.08 bits per heavy atom. The van der Waals surface area contributed by atoms with Crippen LogP contribution in [0.3, 0.4) is 0 Å². The largest absolute Gasteiger partial charge is 0.382 e. The summed E-state index contributed by atoms with van der Waals surface area (Å²) in [6.07, 6.45) is 8.00. The average molecular weight is 370 g/mol. The van der Waals surface area contributed by atoms with E-state index in [1.807, 2.05) is 4.90 Å². The number of hydrogen-bond donors (Lipinski definition) is 0. The normalized spacial score (nSPS) is 25.6. The van der Waals surface area contributed by atoms with Crippen LogP contribution in [0, 0.1) is 11.8 Å². The molecule has 3 fully saturated rings. The van der Waals surface area contributed by atoms with Gasteiger partial charge in [0, 0.05) is 40.0 Å². The lowest BCUT2D eigenvalue weighted by molar-refractivity contribution is -0.151. The topological polar surface area (TPSA) is 57.2 Å². The molecule has 0 radical (unpaired) electrons. The first-order valence-corrected chi connectivity index (χ1v) is 10.3. The molecule has 2 aliphatic heterocycles. The standard InChI is InChI=1S/C20H35NO5/c1-23-12-13-25-16-19(22)21-8-6-20(7-9-21)14-17(5-11-26-20)4-10-24-15-18-2-3-18/h17-18H,2-16H2,1H3. The SMILES string of the molecule is COCCOCC(=O)N1CCC2(CC1)CC(CCOCC1CC1)CCO2. The molecule has 3 rings (SSSR count). The minimum Gasteiger partial charge on any atom is -0.382 e. The van der Waals surface area contributed by atoms with E-state index in [1.54, 1.807) is 7.11 Å². The number of methoxy groups -OCH3 is 1. The van der Waals surface area contributed by atoms with Gasteiger partial charge in [0.2, 0.25) is 5.91 Å². The van der Waals surface area contributed by atoms with E-state index in [9.17, 15) is 4.79 Å². The van der Waals surface area contributed by atoms with Crippen molar-refractivity contribution in [1.82, 2.24) is 4.90 Å². The van der Waals surface area contributed by atoms with Gasteiger partial charge in [-0.05, 0) is 56.8 Å². The summed E-state index contributed by atoms with van der Waals surface area (Å²) in [4.78, 5) is 14.2. The third-order valence-corrected chi connectivity index (χ3v) is 6.00. The van der Waals surface area contributed by atoms with E-state index in [1.165, 1.54) is 12.8 Å². The third-order valence-electron chi connectivity index (χ3n) is 6.00. The summed E-state index contributed by atoms with van der Waals surface area (Å²) in [6, 6.07) is 0. The Kier molecular flexibility index (Phi) is 7.73. The molecular weight excluding hydrogens is 334 g/mol. The quantitative estimate of drug-likeness (QED) is 0.553. The van der Waals surface area contributed by atoms with Crippen molar-refractivity contribution < 1.29 is 23.7 Å². The number of rotatable bonds is 10. The first-order valence-electron chi connectivity index (χ1n) is 10.3. The van der Waals surface area contributed by atoms with Crippen molar-refractivity contribution in [1.29, 1.82) is 0 Å². The maximum Gasteiger partial charge on any atom is 0.248 e. The van der Waals surface area contributed by atoms with Crippen LogP contribution in [-0.4, -0.2) is 76.2 Å². The molecule has 1 unspecified atom stereocenters. The zero-order valence-electron chi connectivity index (χ0n) is 16.2. The summed E-state index contributed by atoms with van der Waals surface area (Å²) in [5, 5.41) is 0. The van der Waals surface area contributed by atoms with Gasteiger partial charge in [-0.15, -0.1) is 0 Å². The van der Waals surface area contributed by atoms with Gasteiger partial charge in [-0.2, -0.15) is 0 Å². The smallest absolute Gasteiger partial charge is 0.248 e. The zero-order chi connectivity index (χ0) is 18.2. The number of ether oxygens (including phenoxy) is 4. The molecule has 6 heteroatoms. The second-order valence-electron chi connectivity index (χ2n) is 8.12. The van der Waals surface area contributed by atoms with Crippen molar-refractivity contribution in [2.24, 2.45) is 11.8 Å². The Balaban J connectivity index is 1.34. The molecule has 6 nitrogen and oxygen atoms in total. The highest BCUT2D eigenvalue weighted by Gasteiger charge is 2.40. The van der Waals surface area contributed by atoms with Crippen LogP contribution in [0.25, 0.3) is 0 Å². The zero-order valence-corrected chi connectivity index (χ0v) is 16.2. The number of carbonyl (C=O) groups is 1. The van der Waals surface area contributed by atoms with Gasteiger partial charge in [-0.3, -0.25) is 4.79 Å². The van der Waals surface area contributed by atoms with E-state index in [-0.39, 0.29) is 18.1 Å². The molecule has 0 aromatic rings. The van der Waals surface area contributed by atoms with Crippen LogP contribution < -0.4 is 0 Å². The molecule has 1 aliphatic carbocycles. The number of nitrogens with zero attached hydrogens (tertiary/aromatic N) is 1. The van der Waals surface area contributed by atoms with E-state index in [4.69, 9.17) is 18.9 Å². The van der Waals surface area contributed by atoms with Gasteiger partial charge in [-0.25, -0.2) is 0 Å². The average Bonchev–Trinajstić information content (AvgIpc) is 3.47. The molecule has 1 spiro atoms. The molecular formula is C20H35NO5. The van der Waals surface area contributed by atoms with E-state index < -0.39 is 0 Å². The summed E-state index contributed by atoms with van der Waals surface area (Å²) in [7, 11) is 1.63. The van der Waals surface area contributed by atoms with Crippen LogP contribution in [0.15, 0.2) is 0 Å². The van der Waals surface area contributed by atoms with Crippen LogP contribution in [0.2, 0.25) is 0 Å². The van der Waals surface area contributed by atoms with Crippen LogP contribution in [0.5, 0.6) is 0 Å². The second kappa shape index (κ2) is 10.0. The van der Waals surface area contributed by atoms with Gasteiger partial charge in [-0.1, -0.05) is 0 Å². The first kappa shape index (κ1) is 20.1. The lowest BCUT2D eigenvalue weighted by Gasteiger charge is -2.46. The minimum atomic E-state index is -0.0207. The monoisotopic (exact) mass is 369 g/mol. The Bertz CT molecular complexity index is 432. The summed E-state index contributed by atoms with van der Waals surface area (Å²) in [5.74, 6) is 1.62. The van der Waals surface area contributed by atoms with Crippen LogP contribution in [0.4, 0.5) is 0 Å². The highest BCUT2D eigenvalue weighted by atomic mass is 16.5. The molecule has 0 aromatic heterocycles. The fourth-order valence-corrected chi connectivity index (χ4v) is 4.07. The van der Waals surface area contributed by atoms with Crippen molar-refractivity contribution in [2.75, 3.05) is 59.8 Å². The third kappa shape index (κ3) is 6.19. The summed E-state index contributed by atoms with van der Waals surface area (Å²) in [6.45, 7) is 5.39. The summed E-state index contributed by atoms with van der Waals surface area (Å²) < 4.78 is 22.3. The predicted molar refractivity (Wildman–Crippen MR) is 98.1 cm³/mol. The number of amides is 1. The Labute approximate surface area is 157 Å². The Morgan fingerprint density at radius 2 is 1.88 bits per heavy atom. The van der Waals surface area contributed by atoms with Crippen LogP contribution >= 0.6 is 0 Å². The summed E-state index contributed by atoms with van der Waals surface area (Å²) in [5.41, 5.74) is -0.0207. The van der Waals surface area contributed by atoms with E-state index >= 15 is 0 Å². The maximum atomic E-state index is 12.2. The molecule has 0 bridgehead atoms. The molecule has 150 valence electrons. The second-order valence-corrected chi connectivity index (χ2v) is 8.12. The van der Waals surface area contributed by atoms with E-state index in [0.29, 0.717) is 19.1 Å². The molecule has 1 saturated carbocycles. The Morgan fingerprint density at radius 3 is 2.62 bits per heavy atom. The number of hydrogen-bond acceptors (Lipinski definition) is 5. The minimum absolute atomic E-state index is 0.0207. The predicted octanol–water partition coefficient (Wildman–Crippen LogP) is 2.25. The first-order chi connectivity index (χ1) is 12.7. The molecule has 26 heavy (non-hydrogen) atoms. The molecule has 1 atom stereocenters. The molecule has 2 heterocycles. The van der Waals surface area contributed by atoms with Gasteiger partial charge >= 0.3 is 0 Å². The Hall–Kier alpha value is -0.690. The highest BCUT2D eigenvalue weighted by Crippen LogP contribution is 2.39. The fourth-order valence-electron chi connectivity index (χ4n) is 4.07. The van der Waals surface area contributed by atoms with Crippen molar-refractivity contribution in [2.45, 2.75) is 50.5 Å². The summed E-state index contributed by atoms with van der Waals surface area (Å²) >= 11 is 0. The van der Waals surface area contributed by atoms with Crippen molar-refractivity contribution >= 4 is 5.91 Å².